The summed E-state index contributed by atoms with van der Waals surface area (Å²) >= 11 is 11.6. The largest absolute Gasteiger partial charge is 0.366 e. The molecule has 4 heteroatoms. The van der Waals surface area contributed by atoms with E-state index in [4.69, 9.17) is 11.6 Å². The topological polar surface area (TPSA) is 3.24 Å². The first-order valence-electron chi connectivity index (χ1n) is 5.74. The highest BCUT2D eigenvalue weighted by molar-refractivity contribution is 9.08. The molecule has 1 atom stereocenters. The van der Waals surface area contributed by atoms with Crippen LogP contribution in [0.2, 0.25) is 5.02 Å². The average Bonchev–Trinajstić information content (AvgIpc) is 2.90. The van der Waals surface area contributed by atoms with Crippen molar-refractivity contribution in [3.05, 3.63) is 51.2 Å². The highest BCUT2D eigenvalue weighted by Crippen LogP contribution is 2.33. The van der Waals surface area contributed by atoms with Crippen LogP contribution in [0, 0.1) is 0 Å². The predicted octanol–water partition coefficient (Wildman–Crippen LogP) is 5.49. The van der Waals surface area contributed by atoms with E-state index in [-0.39, 0.29) is 0 Å². The Morgan fingerprint density at radius 1 is 1.39 bits per heavy atom. The van der Waals surface area contributed by atoms with Crippen LogP contribution in [0.3, 0.4) is 0 Å². The van der Waals surface area contributed by atoms with Gasteiger partial charge in [-0.05, 0) is 36.1 Å². The highest BCUT2D eigenvalue weighted by atomic mass is 79.9. The van der Waals surface area contributed by atoms with Crippen molar-refractivity contribution >= 4 is 44.6 Å². The zero-order valence-corrected chi connectivity index (χ0v) is 13.5. The molecule has 0 radical (unpaired) electrons. The predicted molar refractivity (Wildman–Crippen MR) is 85.2 cm³/mol. The van der Waals surface area contributed by atoms with Crippen molar-refractivity contribution in [2.45, 2.75) is 18.3 Å². The van der Waals surface area contributed by atoms with Crippen LogP contribution in [-0.4, -0.2) is 7.05 Å². The van der Waals surface area contributed by atoms with Gasteiger partial charge in [-0.1, -0.05) is 39.7 Å². The van der Waals surface area contributed by atoms with Gasteiger partial charge in [-0.3, -0.25) is 0 Å². The highest BCUT2D eigenvalue weighted by Gasteiger charge is 2.15. The Balaban J connectivity index is 2.26. The van der Waals surface area contributed by atoms with Crippen molar-refractivity contribution in [1.29, 1.82) is 0 Å². The summed E-state index contributed by atoms with van der Waals surface area (Å²) in [6, 6.07) is 10.8. The van der Waals surface area contributed by atoms with Gasteiger partial charge in [-0.15, -0.1) is 11.3 Å². The minimum atomic E-state index is 0.331. The summed E-state index contributed by atoms with van der Waals surface area (Å²) in [5.41, 5.74) is 2.27. The number of hydrogen-bond donors (Lipinski definition) is 0. The van der Waals surface area contributed by atoms with E-state index in [1.54, 1.807) is 11.3 Å². The van der Waals surface area contributed by atoms with Gasteiger partial charge in [0.25, 0.3) is 0 Å². The Hall–Kier alpha value is -0.510. The Morgan fingerprint density at radius 2 is 2.17 bits per heavy atom. The third-order valence-corrected chi connectivity index (χ3v) is 5.08. The lowest BCUT2D eigenvalue weighted by Gasteiger charge is -2.27. The summed E-state index contributed by atoms with van der Waals surface area (Å²) in [5, 5.41) is 3.74. The van der Waals surface area contributed by atoms with Crippen molar-refractivity contribution in [2.24, 2.45) is 0 Å². The fraction of sp³-hybridized carbons (Fsp3) is 0.286. The average molecular weight is 345 g/mol. The maximum Gasteiger partial charge on any atom is 0.0642 e. The summed E-state index contributed by atoms with van der Waals surface area (Å²) in [6.45, 7) is 2.20. The first-order chi connectivity index (χ1) is 8.63. The lowest BCUT2D eigenvalue weighted by Crippen LogP contribution is -2.21. The maximum atomic E-state index is 6.35. The summed E-state index contributed by atoms with van der Waals surface area (Å²) in [5.74, 6) is 0. The summed E-state index contributed by atoms with van der Waals surface area (Å²) in [6.07, 6.45) is 0. The van der Waals surface area contributed by atoms with Gasteiger partial charge in [-0.25, -0.2) is 0 Å². The molecule has 18 heavy (non-hydrogen) atoms. The first kappa shape index (κ1) is 13.9. The lowest BCUT2D eigenvalue weighted by atomic mass is 10.1. The molecule has 0 bridgehead atoms. The monoisotopic (exact) mass is 343 g/mol. The number of rotatable bonds is 4. The number of thiophene rings is 1. The van der Waals surface area contributed by atoms with E-state index in [0.717, 1.165) is 16.0 Å². The minimum absolute atomic E-state index is 0.331. The second-order valence-corrected chi connectivity index (χ2v) is 6.17. The molecule has 96 valence electrons. The summed E-state index contributed by atoms with van der Waals surface area (Å²) < 4.78 is 0. The SMILES string of the molecule is CC(c1cccs1)N(C)c1ccc(CBr)cc1Cl. The molecule has 0 spiro atoms. The van der Waals surface area contributed by atoms with Crippen LogP contribution in [0.25, 0.3) is 0 Å². The Morgan fingerprint density at radius 3 is 2.72 bits per heavy atom. The number of nitrogens with zero attached hydrogens (tertiary/aromatic N) is 1. The summed E-state index contributed by atoms with van der Waals surface area (Å²) in [4.78, 5) is 3.56. The molecule has 0 aliphatic rings. The van der Waals surface area contributed by atoms with Crippen LogP contribution in [0.1, 0.15) is 23.4 Å². The molecule has 1 unspecified atom stereocenters. The van der Waals surface area contributed by atoms with Crippen LogP contribution in [0.15, 0.2) is 35.7 Å². The van der Waals surface area contributed by atoms with Crippen LogP contribution in [0.5, 0.6) is 0 Å². The Bertz CT molecular complexity index is 513. The maximum absolute atomic E-state index is 6.35. The molecule has 0 saturated carbocycles. The molecule has 1 heterocycles. The van der Waals surface area contributed by atoms with E-state index in [2.05, 4.69) is 64.4 Å². The lowest BCUT2D eigenvalue weighted by molar-refractivity contribution is 0.754. The van der Waals surface area contributed by atoms with Gasteiger partial charge in [0.15, 0.2) is 0 Å². The fourth-order valence-electron chi connectivity index (χ4n) is 1.85. The smallest absolute Gasteiger partial charge is 0.0642 e. The number of alkyl halides is 1. The van der Waals surface area contributed by atoms with Crippen molar-refractivity contribution in [3.63, 3.8) is 0 Å². The van der Waals surface area contributed by atoms with Gasteiger partial charge in [0.05, 0.1) is 16.8 Å². The van der Waals surface area contributed by atoms with E-state index in [0.29, 0.717) is 6.04 Å². The van der Waals surface area contributed by atoms with Gasteiger partial charge in [-0.2, -0.15) is 0 Å². The van der Waals surface area contributed by atoms with Crippen LogP contribution in [0.4, 0.5) is 5.69 Å². The van der Waals surface area contributed by atoms with E-state index < -0.39 is 0 Å². The van der Waals surface area contributed by atoms with E-state index >= 15 is 0 Å². The molecule has 0 aliphatic heterocycles. The first-order valence-corrected chi connectivity index (χ1v) is 8.12. The molecule has 1 nitrogen and oxygen atoms in total. The van der Waals surface area contributed by atoms with E-state index in [9.17, 15) is 0 Å². The van der Waals surface area contributed by atoms with Gasteiger partial charge >= 0.3 is 0 Å². The number of hydrogen-bond acceptors (Lipinski definition) is 2. The zero-order chi connectivity index (χ0) is 13.1. The molecule has 0 N–H and O–H groups in total. The van der Waals surface area contributed by atoms with Crippen molar-refractivity contribution in [2.75, 3.05) is 11.9 Å². The van der Waals surface area contributed by atoms with Crippen molar-refractivity contribution < 1.29 is 0 Å². The van der Waals surface area contributed by atoms with E-state index in [1.807, 2.05) is 6.07 Å². The van der Waals surface area contributed by atoms with Crippen LogP contribution in [-0.2, 0) is 5.33 Å². The Labute approximate surface area is 126 Å². The number of anilines is 1. The number of benzene rings is 1. The second-order valence-electron chi connectivity index (χ2n) is 4.22. The van der Waals surface area contributed by atoms with Crippen molar-refractivity contribution in [1.82, 2.24) is 0 Å². The Kier molecular flexibility index (Phi) is 4.71. The molecule has 0 amide bonds. The van der Waals surface area contributed by atoms with Gasteiger partial charge in [0.1, 0.15) is 0 Å². The van der Waals surface area contributed by atoms with Gasteiger partial charge < -0.3 is 4.90 Å². The molecule has 0 saturated heterocycles. The van der Waals surface area contributed by atoms with Crippen LogP contribution >= 0.6 is 38.9 Å². The molecule has 2 aromatic rings. The normalized spacial score (nSPS) is 12.4. The zero-order valence-electron chi connectivity index (χ0n) is 10.4. The molecule has 0 aliphatic carbocycles. The minimum Gasteiger partial charge on any atom is -0.366 e. The number of halogens is 2. The fourth-order valence-corrected chi connectivity index (χ4v) is 3.36. The van der Waals surface area contributed by atoms with Gasteiger partial charge in [0.2, 0.25) is 0 Å². The molecule has 1 aromatic heterocycles. The second kappa shape index (κ2) is 6.09. The van der Waals surface area contributed by atoms with E-state index in [1.165, 1.54) is 10.4 Å². The molecule has 0 fully saturated rings. The molecular weight excluding hydrogens is 330 g/mol. The third-order valence-electron chi connectivity index (χ3n) is 3.08. The standard InChI is InChI=1S/C14H15BrClNS/c1-10(14-4-3-7-18-14)17(2)13-6-5-11(9-15)8-12(13)16/h3-8,10H,9H2,1-2H3. The summed E-state index contributed by atoms with van der Waals surface area (Å²) in [7, 11) is 2.08. The quantitative estimate of drug-likeness (QED) is 0.662. The van der Waals surface area contributed by atoms with Crippen LogP contribution < -0.4 is 4.90 Å². The van der Waals surface area contributed by atoms with Gasteiger partial charge in [0, 0.05) is 17.3 Å². The molecule has 2 rings (SSSR count). The van der Waals surface area contributed by atoms with Crippen molar-refractivity contribution in [3.8, 4) is 0 Å². The third kappa shape index (κ3) is 2.90. The molecular formula is C14H15BrClNS. The molecule has 1 aromatic carbocycles.